The van der Waals surface area contributed by atoms with Gasteiger partial charge in [0.25, 0.3) is 0 Å². The van der Waals surface area contributed by atoms with E-state index in [0.717, 1.165) is 28.9 Å². The average Bonchev–Trinajstić information content (AvgIpc) is 2.56. The van der Waals surface area contributed by atoms with Gasteiger partial charge in [-0.15, -0.1) is 0 Å². The summed E-state index contributed by atoms with van der Waals surface area (Å²) in [6, 6.07) is 5.74. The smallest absolute Gasteiger partial charge is 0.232 e. The van der Waals surface area contributed by atoms with Crippen molar-refractivity contribution in [1.29, 1.82) is 0 Å². The lowest BCUT2D eigenvalue weighted by Gasteiger charge is -2.41. The van der Waals surface area contributed by atoms with E-state index in [2.05, 4.69) is 0 Å². The highest BCUT2D eigenvalue weighted by molar-refractivity contribution is 7.85. The third-order valence-electron chi connectivity index (χ3n) is 5.32. The van der Waals surface area contributed by atoms with Crippen LogP contribution in [0, 0.1) is 6.92 Å². The average molecular weight is 347 g/mol. The third-order valence-corrected chi connectivity index (χ3v) is 6.79. The van der Waals surface area contributed by atoms with Crippen molar-refractivity contribution in [3.8, 4) is 0 Å². The Balaban J connectivity index is 2.04. The molecule has 2 aliphatic rings. The maximum absolute atomic E-state index is 12.9. The second kappa shape index (κ2) is 6.31. The minimum Gasteiger partial charge on any atom is -0.369 e. The summed E-state index contributed by atoms with van der Waals surface area (Å²) in [7, 11) is -1.01. The fourth-order valence-electron chi connectivity index (χ4n) is 3.71. The summed E-state index contributed by atoms with van der Waals surface area (Å²) in [4.78, 5) is 20.1. The molecule has 2 heterocycles. The van der Waals surface area contributed by atoms with Gasteiger partial charge in [-0.1, -0.05) is 31.5 Å². The number of carbonyl (C=O) groups is 1. The highest BCUT2D eigenvalue weighted by Gasteiger charge is 2.42. The summed E-state index contributed by atoms with van der Waals surface area (Å²) in [5, 5.41) is 0. The number of rotatable bonds is 3. The molecule has 0 saturated heterocycles. The lowest BCUT2D eigenvalue weighted by molar-refractivity contribution is -0.131. The summed E-state index contributed by atoms with van der Waals surface area (Å²) >= 11 is 0. The number of carbonyl (C=O) groups excluding carboxylic acids is 1. The van der Waals surface area contributed by atoms with Crippen molar-refractivity contribution in [2.24, 2.45) is 10.7 Å². The number of aliphatic imine (C=N–C) groups is 1. The summed E-state index contributed by atoms with van der Waals surface area (Å²) in [5.41, 5.74) is 7.91. The fourth-order valence-corrected chi connectivity index (χ4v) is 5.05. The highest BCUT2D eigenvalue weighted by Crippen LogP contribution is 2.38. The molecule has 130 valence electrons. The molecule has 0 radical (unpaired) electrons. The Morgan fingerprint density at radius 1 is 1.38 bits per heavy atom. The van der Waals surface area contributed by atoms with E-state index in [1.165, 1.54) is 0 Å². The van der Waals surface area contributed by atoms with Crippen LogP contribution < -0.4 is 5.73 Å². The van der Waals surface area contributed by atoms with Gasteiger partial charge in [0.15, 0.2) is 5.96 Å². The van der Waals surface area contributed by atoms with Crippen LogP contribution >= 0.6 is 0 Å². The van der Waals surface area contributed by atoms with Crippen LogP contribution in [-0.2, 0) is 15.6 Å². The lowest BCUT2D eigenvalue weighted by Crippen LogP contribution is -2.53. The number of aryl methyl sites for hydroxylation is 1. The molecule has 0 aliphatic carbocycles. The lowest BCUT2D eigenvalue weighted by atomic mass is 9.87. The Kier molecular flexibility index (Phi) is 4.51. The van der Waals surface area contributed by atoms with Crippen molar-refractivity contribution in [1.82, 2.24) is 4.90 Å². The molecule has 24 heavy (non-hydrogen) atoms. The number of nitrogens with two attached hydrogens (primary N) is 1. The first-order valence-corrected chi connectivity index (χ1v) is 9.89. The molecule has 0 saturated carbocycles. The van der Waals surface area contributed by atoms with E-state index in [4.69, 9.17) is 10.7 Å². The van der Waals surface area contributed by atoms with Crippen molar-refractivity contribution in [3.63, 3.8) is 0 Å². The second-order valence-electron chi connectivity index (χ2n) is 6.74. The van der Waals surface area contributed by atoms with Crippen molar-refractivity contribution in [2.75, 3.05) is 5.75 Å². The van der Waals surface area contributed by atoms with E-state index >= 15 is 0 Å². The van der Waals surface area contributed by atoms with E-state index < -0.39 is 10.8 Å². The Hall–Kier alpha value is -1.69. The van der Waals surface area contributed by atoms with Gasteiger partial charge in [-0.2, -0.15) is 0 Å². The highest BCUT2D eigenvalue weighted by atomic mass is 32.2. The Morgan fingerprint density at radius 3 is 2.71 bits per heavy atom. The first-order valence-electron chi connectivity index (χ1n) is 8.57. The first-order chi connectivity index (χ1) is 11.4. The molecule has 1 aromatic carbocycles. The molecule has 2 unspecified atom stereocenters. The maximum atomic E-state index is 12.9. The van der Waals surface area contributed by atoms with E-state index in [9.17, 15) is 9.00 Å². The van der Waals surface area contributed by atoms with Crippen molar-refractivity contribution >= 4 is 22.7 Å². The molecular weight excluding hydrogens is 322 g/mol. The predicted molar refractivity (Wildman–Crippen MR) is 96.2 cm³/mol. The normalized spacial score (nSPS) is 26.0. The molecule has 0 fully saturated rings. The summed E-state index contributed by atoms with van der Waals surface area (Å²) < 4.78 is 12.3. The van der Waals surface area contributed by atoms with E-state index in [-0.39, 0.29) is 17.5 Å². The summed E-state index contributed by atoms with van der Waals surface area (Å²) in [5.74, 6) is 0.876. The van der Waals surface area contributed by atoms with Crippen LogP contribution in [0.3, 0.4) is 0 Å². The number of fused-ring (bicyclic) bond motifs is 1. The molecule has 5 nitrogen and oxygen atoms in total. The number of benzene rings is 1. The van der Waals surface area contributed by atoms with Gasteiger partial charge >= 0.3 is 0 Å². The zero-order valence-corrected chi connectivity index (χ0v) is 15.4. The van der Waals surface area contributed by atoms with Crippen molar-refractivity contribution in [3.05, 3.63) is 29.3 Å². The van der Waals surface area contributed by atoms with Crippen molar-refractivity contribution in [2.45, 2.75) is 62.9 Å². The first kappa shape index (κ1) is 17.1. The van der Waals surface area contributed by atoms with Gasteiger partial charge in [0.2, 0.25) is 5.91 Å². The number of hydrogen-bond donors (Lipinski definition) is 1. The number of guanidine groups is 1. The molecule has 0 bridgehead atoms. The van der Waals surface area contributed by atoms with Crippen LogP contribution in [0.15, 0.2) is 28.1 Å². The van der Waals surface area contributed by atoms with Gasteiger partial charge < -0.3 is 5.73 Å². The zero-order chi connectivity index (χ0) is 17.5. The van der Waals surface area contributed by atoms with Crippen LogP contribution in [0.2, 0.25) is 0 Å². The van der Waals surface area contributed by atoms with Crippen LogP contribution in [-0.4, -0.2) is 32.3 Å². The minimum atomic E-state index is -1.01. The van der Waals surface area contributed by atoms with Crippen LogP contribution in [0.25, 0.3) is 0 Å². The van der Waals surface area contributed by atoms with Gasteiger partial charge in [0, 0.05) is 10.6 Å². The fraction of sp³-hybridized carbons (Fsp3) is 0.556. The zero-order valence-electron chi connectivity index (χ0n) is 14.5. The standard InChI is InChI=1S/C18H25N3O2S/c1-4-18(5-2)11-16(22)21(17(19)20-18)14-8-9-24(23)15-7-6-12(3)10-13(14)15/h6-7,10,14H,4-5,8-9,11H2,1-3H3,(H2,19,20). The molecule has 1 amide bonds. The van der Waals surface area contributed by atoms with Crippen LogP contribution in [0.1, 0.15) is 56.7 Å². The molecule has 2 aliphatic heterocycles. The summed E-state index contributed by atoms with van der Waals surface area (Å²) in [6.07, 6.45) is 2.64. The predicted octanol–water partition coefficient (Wildman–Crippen LogP) is 2.65. The Morgan fingerprint density at radius 2 is 2.08 bits per heavy atom. The Bertz CT molecular complexity index is 725. The second-order valence-corrected chi connectivity index (χ2v) is 8.28. The topological polar surface area (TPSA) is 75.8 Å². The molecule has 3 rings (SSSR count). The van der Waals surface area contributed by atoms with Gasteiger partial charge in [-0.05, 0) is 37.8 Å². The maximum Gasteiger partial charge on any atom is 0.232 e. The van der Waals surface area contributed by atoms with E-state index in [1.54, 1.807) is 4.90 Å². The van der Waals surface area contributed by atoms with Gasteiger partial charge in [-0.3, -0.25) is 13.9 Å². The quantitative estimate of drug-likeness (QED) is 0.913. The van der Waals surface area contributed by atoms with Crippen LogP contribution in [0.4, 0.5) is 0 Å². The number of amides is 1. The van der Waals surface area contributed by atoms with Crippen LogP contribution in [0.5, 0.6) is 0 Å². The minimum absolute atomic E-state index is 0.0244. The molecule has 6 heteroatoms. The molecule has 1 aromatic rings. The Labute approximate surface area is 145 Å². The van der Waals surface area contributed by atoms with Gasteiger partial charge in [-0.25, -0.2) is 4.99 Å². The van der Waals surface area contributed by atoms with Gasteiger partial charge in [0.05, 0.1) is 28.8 Å². The third kappa shape index (κ3) is 2.77. The largest absolute Gasteiger partial charge is 0.369 e. The van der Waals surface area contributed by atoms with Crippen molar-refractivity contribution < 1.29 is 9.00 Å². The molecule has 2 atom stereocenters. The molecule has 0 spiro atoms. The number of nitrogens with zero attached hydrogens (tertiary/aromatic N) is 2. The van der Waals surface area contributed by atoms with Gasteiger partial charge in [0.1, 0.15) is 0 Å². The van der Waals surface area contributed by atoms with E-state index in [1.807, 2.05) is 39.0 Å². The van der Waals surface area contributed by atoms with E-state index in [0.29, 0.717) is 24.6 Å². The molecule has 2 N–H and O–H groups in total. The summed E-state index contributed by atoms with van der Waals surface area (Å²) in [6.45, 7) is 6.10. The SMILES string of the molecule is CCC1(CC)CC(=O)N(C2CCS(=O)c3ccc(C)cc32)C(N)=N1. The number of hydrogen-bond acceptors (Lipinski definition) is 4. The monoisotopic (exact) mass is 347 g/mol. The molecular formula is C18H25N3O2S. The molecule has 0 aromatic heterocycles.